The van der Waals surface area contributed by atoms with Gasteiger partial charge in [0, 0.05) is 0 Å². The van der Waals surface area contributed by atoms with Gasteiger partial charge < -0.3 is 0 Å². The van der Waals surface area contributed by atoms with Gasteiger partial charge in [-0.1, -0.05) is 0 Å². The zero-order valence-electron chi connectivity index (χ0n) is 21.8. The van der Waals surface area contributed by atoms with Gasteiger partial charge in [-0.25, -0.2) is 0 Å². The van der Waals surface area contributed by atoms with E-state index in [9.17, 15) is 10.1 Å². The number of hydrogen-bond donors (Lipinski definition) is 0. The maximum atomic E-state index is 11.1. The Morgan fingerprint density at radius 1 is 0.641 bits per heavy atom. The Kier molecular flexibility index (Phi) is 7.84. The number of benzene rings is 5. The van der Waals surface area contributed by atoms with E-state index in [1.54, 1.807) is 12.1 Å². The molecule has 0 aliphatic heterocycles. The fraction of sp³-hybridized carbons (Fsp3) is 0.0625. The molecule has 5 rings (SSSR count). The van der Waals surface area contributed by atoms with E-state index in [1.807, 2.05) is 20.2 Å². The van der Waals surface area contributed by atoms with Crippen LogP contribution in [0.3, 0.4) is 0 Å². The van der Waals surface area contributed by atoms with Crippen LogP contribution in [-0.2, 0) is 0 Å². The van der Waals surface area contributed by atoms with E-state index in [2.05, 4.69) is 113 Å². The first-order valence-electron chi connectivity index (χ1n) is 12.6. The number of nitro groups is 1. The molecule has 192 valence electrons. The molecule has 5 aromatic carbocycles. The summed E-state index contributed by atoms with van der Waals surface area (Å²) in [6.45, 7) is 0. The predicted octanol–water partition coefficient (Wildman–Crippen LogP) is 5.45. The van der Waals surface area contributed by atoms with E-state index in [0.29, 0.717) is 5.69 Å². The fourth-order valence-electron chi connectivity index (χ4n) is 4.97. The molecular weight excluding hydrogens is 591 g/mol. The number of rotatable bonds is 8. The van der Waals surface area contributed by atoms with Gasteiger partial charge in [-0.2, -0.15) is 0 Å². The van der Waals surface area contributed by atoms with Gasteiger partial charge in [0.05, 0.1) is 0 Å². The quantitative estimate of drug-likeness (QED) is 0.100. The Morgan fingerprint density at radius 2 is 1.13 bits per heavy atom. The van der Waals surface area contributed by atoms with Crippen molar-refractivity contribution in [2.75, 3.05) is 19.0 Å². The molecule has 0 radical (unpaired) electrons. The fourth-order valence-corrected chi connectivity index (χ4v) is 18.9. The van der Waals surface area contributed by atoms with Crippen LogP contribution in [0.25, 0.3) is 0 Å². The summed E-state index contributed by atoms with van der Waals surface area (Å²) in [6, 6.07) is 44.8. The molecule has 0 aliphatic rings. The van der Waals surface area contributed by atoms with Crippen molar-refractivity contribution in [2.24, 2.45) is 10.2 Å². The van der Waals surface area contributed by atoms with E-state index in [-0.39, 0.29) is 5.69 Å². The molecule has 0 aliphatic carbocycles. The molecule has 0 saturated carbocycles. The Labute approximate surface area is 232 Å². The summed E-state index contributed by atoms with van der Waals surface area (Å²) in [4.78, 5) is 12.8. The average molecular weight is 619 g/mol. The topological polar surface area (TPSA) is 71.1 Å². The number of hydrogen-bond acceptors (Lipinski definition) is 5. The zero-order chi connectivity index (χ0) is 27.2. The van der Waals surface area contributed by atoms with E-state index in [4.69, 9.17) is 5.11 Å². The standard InChI is InChI=1S/C14H13N4O2.3C6H5.Sn/c1-17(2)13-7-3-11(4-8-13)15-16-12-5-9-14(10-6-12)18(19)20;3*1-2-4-6-5-3-1;/h3,5-10H,1-2H3;3*1-5H;. The van der Waals surface area contributed by atoms with Crippen LogP contribution in [0, 0.1) is 10.1 Å². The molecule has 0 saturated heterocycles. The Balaban J connectivity index is 1.81. The number of azo groups is 1. The monoisotopic (exact) mass is 620 g/mol. The van der Waals surface area contributed by atoms with Crippen molar-refractivity contribution in [3.8, 4) is 0 Å². The van der Waals surface area contributed by atoms with Gasteiger partial charge >= 0.3 is 233 Å². The van der Waals surface area contributed by atoms with Gasteiger partial charge in [0.1, 0.15) is 0 Å². The normalized spacial score (nSPS) is 11.4. The van der Waals surface area contributed by atoms with Gasteiger partial charge in [0.15, 0.2) is 0 Å². The third-order valence-corrected chi connectivity index (χ3v) is 20.6. The summed E-state index contributed by atoms with van der Waals surface area (Å²) >= 11 is -3.96. The first-order valence-corrected chi connectivity index (χ1v) is 18.4. The van der Waals surface area contributed by atoms with Gasteiger partial charge in [-0.3, -0.25) is 0 Å². The first-order chi connectivity index (χ1) is 19.0. The summed E-state index contributed by atoms with van der Waals surface area (Å²) < 4.78 is 5.12. The van der Waals surface area contributed by atoms with Gasteiger partial charge in [0.25, 0.3) is 0 Å². The van der Waals surface area contributed by atoms with Gasteiger partial charge in [0.2, 0.25) is 0 Å². The van der Waals surface area contributed by atoms with Crippen molar-refractivity contribution in [2.45, 2.75) is 0 Å². The molecule has 39 heavy (non-hydrogen) atoms. The van der Waals surface area contributed by atoms with Crippen molar-refractivity contribution in [3.05, 3.63) is 144 Å². The SMILES string of the molecule is CN(C)c1ccc(N=Nc2ccc([N+](=O)[O-])cc2)[c]([Sn]([c]2ccccc2)([c]2ccccc2)[c]2ccccc2)c1. The molecule has 6 nitrogen and oxygen atoms in total. The van der Waals surface area contributed by atoms with Crippen LogP contribution in [0.1, 0.15) is 0 Å². The Morgan fingerprint density at radius 3 is 1.56 bits per heavy atom. The first kappa shape index (κ1) is 26.3. The molecule has 5 aromatic rings. The van der Waals surface area contributed by atoms with E-state index in [0.717, 1.165) is 11.4 Å². The number of nitro benzene ring substituents is 1. The second kappa shape index (κ2) is 11.6. The second-order valence-electron chi connectivity index (χ2n) is 9.42. The summed E-state index contributed by atoms with van der Waals surface area (Å²) in [7, 11) is 4.09. The van der Waals surface area contributed by atoms with Crippen LogP contribution in [-0.4, -0.2) is 37.4 Å². The third-order valence-electron chi connectivity index (χ3n) is 6.85. The Hall–Kier alpha value is -4.30. The Bertz CT molecular complexity index is 1490. The van der Waals surface area contributed by atoms with E-state index >= 15 is 0 Å². The van der Waals surface area contributed by atoms with Crippen molar-refractivity contribution < 1.29 is 4.92 Å². The molecule has 7 heteroatoms. The van der Waals surface area contributed by atoms with E-state index < -0.39 is 23.3 Å². The molecule has 0 bridgehead atoms. The van der Waals surface area contributed by atoms with Gasteiger partial charge in [-0.05, 0) is 0 Å². The van der Waals surface area contributed by atoms with E-state index in [1.165, 1.54) is 26.5 Å². The van der Waals surface area contributed by atoms with Crippen LogP contribution in [0.15, 0.2) is 144 Å². The molecule has 0 unspecified atom stereocenters. The van der Waals surface area contributed by atoms with Crippen LogP contribution >= 0.6 is 0 Å². The molecule has 0 atom stereocenters. The van der Waals surface area contributed by atoms with Gasteiger partial charge in [-0.15, -0.1) is 0 Å². The van der Waals surface area contributed by atoms with Crippen LogP contribution in [0.5, 0.6) is 0 Å². The van der Waals surface area contributed by atoms with Crippen LogP contribution in [0.4, 0.5) is 22.7 Å². The predicted molar refractivity (Wildman–Crippen MR) is 162 cm³/mol. The molecule has 0 N–H and O–H groups in total. The molecule has 0 fully saturated rings. The summed E-state index contributed by atoms with van der Waals surface area (Å²) in [5.74, 6) is 0. The molecule has 0 amide bonds. The minimum atomic E-state index is -3.96. The summed E-state index contributed by atoms with van der Waals surface area (Å²) in [6.07, 6.45) is 0. The molecule has 0 aromatic heterocycles. The van der Waals surface area contributed by atoms with Crippen LogP contribution in [0.2, 0.25) is 0 Å². The number of nitrogens with zero attached hydrogens (tertiary/aromatic N) is 4. The summed E-state index contributed by atoms with van der Waals surface area (Å²) in [5.41, 5.74) is 2.47. The molecule has 0 spiro atoms. The van der Waals surface area contributed by atoms with Crippen molar-refractivity contribution in [1.82, 2.24) is 0 Å². The van der Waals surface area contributed by atoms with Crippen molar-refractivity contribution in [3.63, 3.8) is 0 Å². The second-order valence-corrected chi connectivity index (χ2v) is 20.2. The maximum absolute atomic E-state index is 11.1. The summed E-state index contributed by atoms with van der Waals surface area (Å²) in [5, 5.41) is 20.4. The zero-order valence-corrected chi connectivity index (χ0v) is 24.7. The van der Waals surface area contributed by atoms with Crippen molar-refractivity contribution >= 4 is 55.4 Å². The molecular formula is C32H28N4O2Sn. The third kappa shape index (κ3) is 5.33. The average Bonchev–Trinajstić information content (AvgIpc) is 2.98. The van der Waals surface area contributed by atoms with Crippen molar-refractivity contribution in [1.29, 1.82) is 0 Å². The number of non-ortho nitro benzene ring substituents is 1. The number of anilines is 1. The minimum absolute atomic E-state index is 0.0254. The molecule has 0 heterocycles. The van der Waals surface area contributed by atoms with Crippen LogP contribution < -0.4 is 19.2 Å².